The van der Waals surface area contributed by atoms with Gasteiger partial charge in [0.1, 0.15) is 6.04 Å². The predicted molar refractivity (Wildman–Crippen MR) is 72.8 cm³/mol. The molecule has 1 aliphatic heterocycles. The van der Waals surface area contributed by atoms with E-state index < -0.39 is 16.1 Å². The summed E-state index contributed by atoms with van der Waals surface area (Å²) in [4.78, 5) is 11.6. The molecule has 1 unspecified atom stereocenters. The second-order valence-electron chi connectivity index (χ2n) is 4.16. The van der Waals surface area contributed by atoms with Crippen molar-refractivity contribution in [3.63, 3.8) is 0 Å². The Morgan fingerprint density at radius 1 is 1.32 bits per heavy atom. The number of nitrogens with zero attached hydrogens (tertiary/aromatic N) is 1. The number of sulfonamides is 1. The van der Waals surface area contributed by atoms with Crippen molar-refractivity contribution in [2.75, 3.05) is 13.1 Å². The molecule has 1 N–H and O–H groups in total. The van der Waals surface area contributed by atoms with Crippen LogP contribution in [-0.2, 0) is 14.8 Å². The van der Waals surface area contributed by atoms with Crippen molar-refractivity contribution in [1.82, 2.24) is 9.62 Å². The van der Waals surface area contributed by atoms with Gasteiger partial charge in [-0.05, 0) is 25.1 Å². The first kappa shape index (κ1) is 14.6. The molecule has 1 aromatic carbocycles. The van der Waals surface area contributed by atoms with Crippen LogP contribution < -0.4 is 5.32 Å². The summed E-state index contributed by atoms with van der Waals surface area (Å²) in [6, 6.07) is 3.35. The van der Waals surface area contributed by atoms with E-state index >= 15 is 0 Å². The molecule has 104 valence electrons. The molecule has 19 heavy (non-hydrogen) atoms. The minimum absolute atomic E-state index is 0.0310. The van der Waals surface area contributed by atoms with Gasteiger partial charge in [0.25, 0.3) is 0 Å². The Bertz CT molecular complexity index is 618. The third kappa shape index (κ3) is 2.72. The van der Waals surface area contributed by atoms with Crippen LogP contribution in [0.3, 0.4) is 0 Å². The zero-order valence-electron chi connectivity index (χ0n) is 10.1. The molecular formula is C11H12Cl2N2O3S. The first-order valence-electron chi connectivity index (χ1n) is 5.58. The Balaban J connectivity index is 2.41. The molecule has 1 amide bonds. The van der Waals surface area contributed by atoms with Gasteiger partial charge < -0.3 is 5.32 Å². The summed E-state index contributed by atoms with van der Waals surface area (Å²) < 4.78 is 26.1. The van der Waals surface area contributed by atoms with Gasteiger partial charge in [0.15, 0.2) is 0 Å². The molecule has 0 saturated carbocycles. The lowest BCUT2D eigenvalue weighted by atomic mass is 10.2. The van der Waals surface area contributed by atoms with Crippen LogP contribution in [0.15, 0.2) is 23.1 Å². The number of piperazine rings is 1. The molecule has 0 bridgehead atoms. The lowest BCUT2D eigenvalue weighted by Gasteiger charge is -2.31. The van der Waals surface area contributed by atoms with E-state index in [4.69, 9.17) is 23.2 Å². The molecular weight excluding hydrogens is 311 g/mol. The second-order valence-corrected chi connectivity index (χ2v) is 6.86. The van der Waals surface area contributed by atoms with Crippen molar-refractivity contribution < 1.29 is 13.2 Å². The standard InChI is InChI=1S/C11H12Cl2N2O3S/c1-7-11(16)14-4-5-15(7)19(17,18)8-2-3-9(12)10(13)6-8/h2-3,6-7H,4-5H2,1H3,(H,14,16). The molecule has 8 heteroatoms. The summed E-state index contributed by atoms with van der Waals surface area (Å²) in [5.41, 5.74) is 0. The van der Waals surface area contributed by atoms with Crippen molar-refractivity contribution in [2.45, 2.75) is 17.9 Å². The molecule has 0 aromatic heterocycles. The molecule has 0 spiro atoms. The molecule has 0 aliphatic carbocycles. The van der Waals surface area contributed by atoms with E-state index in [0.29, 0.717) is 6.54 Å². The number of hydrogen-bond acceptors (Lipinski definition) is 3. The maximum Gasteiger partial charge on any atom is 0.243 e. The van der Waals surface area contributed by atoms with Gasteiger partial charge in [0.2, 0.25) is 15.9 Å². The predicted octanol–water partition coefficient (Wildman–Crippen LogP) is 1.50. The van der Waals surface area contributed by atoms with E-state index in [1.807, 2.05) is 0 Å². The van der Waals surface area contributed by atoms with Crippen LogP contribution in [0.5, 0.6) is 0 Å². The Morgan fingerprint density at radius 2 is 2.00 bits per heavy atom. The average Bonchev–Trinajstić information content (AvgIpc) is 2.35. The van der Waals surface area contributed by atoms with Crippen LogP contribution in [0.1, 0.15) is 6.92 Å². The van der Waals surface area contributed by atoms with Crippen LogP contribution in [0.2, 0.25) is 10.0 Å². The van der Waals surface area contributed by atoms with Gasteiger partial charge in [0.05, 0.1) is 14.9 Å². The van der Waals surface area contributed by atoms with Gasteiger partial charge in [-0.15, -0.1) is 0 Å². The van der Waals surface area contributed by atoms with E-state index in [2.05, 4.69) is 5.32 Å². The summed E-state index contributed by atoms with van der Waals surface area (Å²) in [7, 11) is -3.75. The molecule has 1 aliphatic rings. The maximum atomic E-state index is 12.5. The molecule has 2 rings (SSSR count). The molecule has 1 fully saturated rings. The number of carbonyl (C=O) groups excluding carboxylic acids is 1. The molecule has 0 radical (unpaired) electrons. The topological polar surface area (TPSA) is 66.5 Å². The quantitative estimate of drug-likeness (QED) is 0.897. The monoisotopic (exact) mass is 322 g/mol. The summed E-state index contributed by atoms with van der Waals surface area (Å²) >= 11 is 11.6. The summed E-state index contributed by atoms with van der Waals surface area (Å²) in [5.74, 6) is -0.310. The molecule has 1 saturated heterocycles. The van der Waals surface area contributed by atoms with Gasteiger partial charge in [-0.25, -0.2) is 8.42 Å². The van der Waals surface area contributed by atoms with Crippen LogP contribution >= 0.6 is 23.2 Å². The normalized spacial score (nSPS) is 21.2. The molecule has 1 atom stereocenters. The van der Waals surface area contributed by atoms with E-state index in [9.17, 15) is 13.2 Å². The minimum Gasteiger partial charge on any atom is -0.353 e. The van der Waals surface area contributed by atoms with Crippen LogP contribution in [0.25, 0.3) is 0 Å². The van der Waals surface area contributed by atoms with E-state index in [1.165, 1.54) is 18.2 Å². The van der Waals surface area contributed by atoms with Crippen molar-refractivity contribution in [1.29, 1.82) is 0 Å². The summed E-state index contributed by atoms with van der Waals surface area (Å²) in [6.45, 7) is 2.07. The van der Waals surface area contributed by atoms with Gasteiger partial charge in [-0.1, -0.05) is 23.2 Å². The Morgan fingerprint density at radius 3 is 2.63 bits per heavy atom. The van der Waals surface area contributed by atoms with Crippen molar-refractivity contribution in [3.05, 3.63) is 28.2 Å². The van der Waals surface area contributed by atoms with Crippen LogP contribution in [0, 0.1) is 0 Å². The van der Waals surface area contributed by atoms with E-state index in [-0.39, 0.29) is 27.4 Å². The lowest BCUT2D eigenvalue weighted by molar-refractivity contribution is -0.126. The number of halogens is 2. The SMILES string of the molecule is CC1C(=O)NCCN1S(=O)(=O)c1ccc(Cl)c(Cl)c1. The Hall–Kier alpha value is -0.820. The second kappa shape index (κ2) is 5.28. The van der Waals surface area contributed by atoms with Gasteiger partial charge in [-0.3, -0.25) is 4.79 Å². The highest BCUT2D eigenvalue weighted by atomic mass is 35.5. The first-order valence-corrected chi connectivity index (χ1v) is 7.78. The number of benzene rings is 1. The first-order chi connectivity index (χ1) is 8.84. The molecule has 5 nitrogen and oxygen atoms in total. The fraction of sp³-hybridized carbons (Fsp3) is 0.364. The van der Waals surface area contributed by atoms with E-state index in [1.54, 1.807) is 6.92 Å². The zero-order chi connectivity index (χ0) is 14.2. The third-order valence-electron chi connectivity index (χ3n) is 2.94. The van der Waals surface area contributed by atoms with Crippen LogP contribution in [0.4, 0.5) is 0 Å². The third-order valence-corrected chi connectivity index (χ3v) is 5.65. The van der Waals surface area contributed by atoms with Crippen molar-refractivity contribution in [2.24, 2.45) is 0 Å². The number of hydrogen-bond donors (Lipinski definition) is 1. The fourth-order valence-electron chi connectivity index (χ4n) is 1.86. The van der Waals surface area contributed by atoms with Gasteiger partial charge in [0, 0.05) is 13.1 Å². The maximum absolute atomic E-state index is 12.5. The lowest BCUT2D eigenvalue weighted by Crippen LogP contribution is -2.55. The Kier molecular flexibility index (Phi) is 4.06. The van der Waals surface area contributed by atoms with Crippen molar-refractivity contribution >= 4 is 39.1 Å². The smallest absolute Gasteiger partial charge is 0.243 e. The van der Waals surface area contributed by atoms with Crippen LogP contribution in [-0.4, -0.2) is 37.8 Å². The minimum atomic E-state index is -3.75. The van der Waals surface area contributed by atoms with Crippen molar-refractivity contribution in [3.8, 4) is 0 Å². The van der Waals surface area contributed by atoms with E-state index in [0.717, 1.165) is 4.31 Å². The number of amides is 1. The highest BCUT2D eigenvalue weighted by Gasteiger charge is 2.35. The van der Waals surface area contributed by atoms with Gasteiger partial charge in [-0.2, -0.15) is 4.31 Å². The summed E-state index contributed by atoms with van der Waals surface area (Å²) in [5, 5.41) is 3.06. The average molecular weight is 323 g/mol. The zero-order valence-corrected chi connectivity index (χ0v) is 12.4. The number of nitrogens with one attached hydrogen (secondary N) is 1. The fourth-order valence-corrected chi connectivity index (χ4v) is 3.85. The molecule has 1 aromatic rings. The summed E-state index contributed by atoms with van der Waals surface area (Å²) in [6.07, 6.45) is 0. The Labute approximate surface area is 121 Å². The molecule has 1 heterocycles. The highest BCUT2D eigenvalue weighted by molar-refractivity contribution is 7.89. The highest BCUT2D eigenvalue weighted by Crippen LogP contribution is 2.27. The van der Waals surface area contributed by atoms with Gasteiger partial charge >= 0.3 is 0 Å². The largest absolute Gasteiger partial charge is 0.353 e. The number of rotatable bonds is 2. The number of carbonyl (C=O) groups is 1.